The number of para-hydroxylation sites is 1. The number of anilines is 2. The number of hydrogen-bond acceptors (Lipinski definition) is 3. The van der Waals surface area contributed by atoms with Gasteiger partial charge < -0.3 is 15.0 Å². The Morgan fingerprint density at radius 1 is 1.10 bits per heavy atom. The minimum atomic E-state index is 0.235. The summed E-state index contributed by atoms with van der Waals surface area (Å²) in [6, 6.07) is 16.9. The number of nitrogens with zero attached hydrogens (tertiary/aromatic N) is 1. The molecule has 0 heterocycles. The maximum Gasteiger partial charge on any atom is 0.124 e. The minimum absolute atomic E-state index is 0.235. The summed E-state index contributed by atoms with van der Waals surface area (Å²) in [5, 5.41) is 3.61. The molecule has 3 nitrogen and oxygen atoms in total. The zero-order valence-corrected chi connectivity index (χ0v) is 13.3. The van der Waals surface area contributed by atoms with Gasteiger partial charge in [0.15, 0.2) is 0 Å². The highest BCUT2D eigenvalue weighted by Gasteiger charge is 2.14. The fourth-order valence-corrected chi connectivity index (χ4v) is 2.43. The Labute approximate surface area is 127 Å². The van der Waals surface area contributed by atoms with Gasteiger partial charge in [-0.2, -0.15) is 0 Å². The Morgan fingerprint density at radius 2 is 1.86 bits per heavy atom. The lowest BCUT2D eigenvalue weighted by molar-refractivity contribution is 0.406. The maximum absolute atomic E-state index is 5.48. The summed E-state index contributed by atoms with van der Waals surface area (Å²) < 4.78 is 5.48. The maximum atomic E-state index is 5.48. The largest absolute Gasteiger partial charge is 0.496 e. The van der Waals surface area contributed by atoms with Crippen LogP contribution < -0.4 is 15.0 Å². The third-order valence-electron chi connectivity index (χ3n) is 3.63. The summed E-state index contributed by atoms with van der Waals surface area (Å²) in [6.07, 6.45) is 0.993. The molecule has 1 atom stereocenters. The van der Waals surface area contributed by atoms with Crippen LogP contribution in [0.15, 0.2) is 48.5 Å². The van der Waals surface area contributed by atoms with Crippen molar-refractivity contribution in [3.8, 4) is 5.75 Å². The molecule has 0 radical (unpaired) electrons. The van der Waals surface area contributed by atoms with Crippen molar-refractivity contribution in [1.29, 1.82) is 0 Å². The summed E-state index contributed by atoms with van der Waals surface area (Å²) in [6.45, 7) is 2.18. The molecule has 0 fully saturated rings. The third kappa shape index (κ3) is 3.69. The zero-order chi connectivity index (χ0) is 15.2. The Kier molecular flexibility index (Phi) is 5.09. The second-order valence-corrected chi connectivity index (χ2v) is 5.29. The van der Waals surface area contributed by atoms with Crippen molar-refractivity contribution in [3.05, 3.63) is 54.1 Å². The Bertz CT molecular complexity index is 581. The van der Waals surface area contributed by atoms with E-state index < -0.39 is 0 Å². The van der Waals surface area contributed by atoms with Gasteiger partial charge in [0.1, 0.15) is 5.75 Å². The third-order valence-corrected chi connectivity index (χ3v) is 3.63. The van der Waals surface area contributed by atoms with Crippen molar-refractivity contribution < 1.29 is 4.74 Å². The molecule has 0 aromatic heterocycles. The van der Waals surface area contributed by atoms with Crippen molar-refractivity contribution in [1.82, 2.24) is 0 Å². The molecule has 2 aromatic rings. The number of nitrogens with one attached hydrogen (secondary N) is 1. The summed E-state index contributed by atoms with van der Waals surface area (Å²) in [5.74, 6) is 0.931. The highest BCUT2D eigenvalue weighted by Crippen LogP contribution is 2.30. The fraction of sp³-hybridized carbons (Fsp3) is 0.333. The molecule has 0 bridgehead atoms. The molecule has 0 spiro atoms. The van der Waals surface area contributed by atoms with Crippen LogP contribution in [0.2, 0.25) is 0 Å². The van der Waals surface area contributed by atoms with Crippen molar-refractivity contribution in [2.24, 2.45) is 0 Å². The van der Waals surface area contributed by atoms with Crippen molar-refractivity contribution in [2.75, 3.05) is 31.4 Å². The lowest BCUT2D eigenvalue weighted by atomic mass is 10.0. The molecule has 0 amide bonds. The van der Waals surface area contributed by atoms with E-state index in [-0.39, 0.29) is 6.04 Å². The van der Waals surface area contributed by atoms with Gasteiger partial charge in [0.25, 0.3) is 0 Å². The van der Waals surface area contributed by atoms with E-state index in [0.717, 1.165) is 17.9 Å². The van der Waals surface area contributed by atoms with Gasteiger partial charge in [-0.15, -0.1) is 0 Å². The van der Waals surface area contributed by atoms with Crippen LogP contribution in [-0.4, -0.2) is 21.2 Å². The average Bonchev–Trinajstić information content (AvgIpc) is 2.52. The summed E-state index contributed by atoms with van der Waals surface area (Å²) >= 11 is 0. The highest BCUT2D eigenvalue weighted by molar-refractivity contribution is 5.58. The van der Waals surface area contributed by atoms with E-state index in [2.05, 4.69) is 67.6 Å². The molecule has 0 aliphatic carbocycles. The minimum Gasteiger partial charge on any atom is -0.496 e. The highest BCUT2D eigenvalue weighted by atomic mass is 16.5. The van der Waals surface area contributed by atoms with Gasteiger partial charge in [0.2, 0.25) is 0 Å². The van der Waals surface area contributed by atoms with Gasteiger partial charge in [-0.05, 0) is 30.7 Å². The van der Waals surface area contributed by atoms with E-state index in [0.29, 0.717) is 0 Å². The lowest BCUT2D eigenvalue weighted by Gasteiger charge is -2.22. The van der Waals surface area contributed by atoms with Gasteiger partial charge in [0, 0.05) is 31.0 Å². The predicted octanol–water partition coefficient (Wildman–Crippen LogP) is 4.32. The van der Waals surface area contributed by atoms with Crippen LogP contribution in [0.25, 0.3) is 0 Å². The predicted molar refractivity (Wildman–Crippen MR) is 90.4 cm³/mol. The Morgan fingerprint density at radius 3 is 2.52 bits per heavy atom. The molecule has 1 unspecified atom stereocenters. The van der Waals surface area contributed by atoms with Crippen LogP contribution in [0.4, 0.5) is 11.4 Å². The van der Waals surface area contributed by atoms with Crippen molar-refractivity contribution in [2.45, 2.75) is 19.4 Å². The normalized spacial score (nSPS) is 11.8. The number of methoxy groups -OCH3 is 1. The van der Waals surface area contributed by atoms with Crippen LogP contribution in [0, 0.1) is 0 Å². The van der Waals surface area contributed by atoms with Gasteiger partial charge in [-0.25, -0.2) is 0 Å². The van der Waals surface area contributed by atoms with Crippen LogP contribution in [-0.2, 0) is 0 Å². The molecule has 3 heteroatoms. The van der Waals surface area contributed by atoms with E-state index in [4.69, 9.17) is 4.74 Å². The van der Waals surface area contributed by atoms with Gasteiger partial charge in [-0.3, -0.25) is 0 Å². The van der Waals surface area contributed by atoms with E-state index >= 15 is 0 Å². The first-order valence-electron chi connectivity index (χ1n) is 7.32. The molecule has 0 aliphatic heterocycles. The molecule has 0 saturated heterocycles. The van der Waals surface area contributed by atoms with E-state index in [1.807, 2.05) is 12.1 Å². The molecule has 112 valence electrons. The number of hydrogen-bond donors (Lipinski definition) is 1. The zero-order valence-electron chi connectivity index (χ0n) is 13.3. The number of ether oxygens (including phenoxy) is 1. The average molecular weight is 284 g/mol. The van der Waals surface area contributed by atoms with Crippen LogP contribution in [0.3, 0.4) is 0 Å². The van der Waals surface area contributed by atoms with Crippen LogP contribution in [0.1, 0.15) is 24.9 Å². The quantitative estimate of drug-likeness (QED) is 0.854. The molecule has 2 aromatic carbocycles. The van der Waals surface area contributed by atoms with Gasteiger partial charge in [-0.1, -0.05) is 31.2 Å². The molecular formula is C18H24N2O. The summed E-state index contributed by atoms with van der Waals surface area (Å²) in [7, 11) is 5.82. The second-order valence-electron chi connectivity index (χ2n) is 5.29. The number of benzene rings is 2. The van der Waals surface area contributed by atoms with E-state index in [9.17, 15) is 0 Å². The molecule has 21 heavy (non-hydrogen) atoms. The molecule has 2 rings (SSSR count). The molecule has 0 aliphatic rings. The smallest absolute Gasteiger partial charge is 0.124 e. The summed E-state index contributed by atoms with van der Waals surface area (Å²) in [4.78, 5) is 2.11. The van der Waals surface area contributed by atoms with Crippen LogP contribution >= 0.6 is 0 Å². The lowest BCUT2D eigenvalue weighted by Crippen LogP contribution is -2.12. The number of rotatable bonds is 6. The van der Waals surface area contributed by atoms with Crippen LogP contribution in [0.5, 0.6) is 5.75 Å². The fourth-order valence-electron chi connectivity index (χ4n) is 2.43. The van der Waals surface area contributed by atoms with Gasteiger partial charge >= 0.3 is 0 Å². The molecular weight excluding hydrogens is 260 g/mol. The van der Waals surface area contributed by atoms with Gasteiger partial charge in [0.05, 0.1) is 13.2 Å². The second kappa shape index (κ2) is 7.02. The summed E-state index contributed by atoms with van der Waals surface area (Å²) in [5.41, 5.74) is 3.51. The first kappa shape index (κ1) is 15.2. The Balaban J connectivity index is 2.25. The standard InChI is InChI=1S/C18H24N2O/c1-5-17(16-11-6-7-12-18(16)21-4)19-14-9-8-10-15(13-14)20(2)3/h6-13,17,19H,5H2,1-4H3. The first-order chi connectivity index (χ1) is 10.2. The van der Waals surface area contributed by atoms with E-state index in [1.165, 1.54) is 11.3 Å². The first-order valence-corrected chi connectivity index (χ1v) is 7.32. The molecule has 0 saturated carbocycles. The molecule has 1 N–H and O–H groups in total. The van der Waals surface area contributed by atoms with Crippen molar-refractivity contribution >= 4 is 11.4 Å². The topological polar surface area (TPSA) is 24.5 Å². The van der Waals surface area contributed by atoms with Crippen molar-refractivity contribution in [3.63, 3.8) is 0 Å². The monoisotopic (exact) mass is 284 g/mol. The van der Waals surface area contributed by atoms with E-state index in [1.54, 1.807) is 7.11 Å². The SMILES string of the molecule is CCC(Nc1cccc(N(C)C)c1)c1ccccc1OC. The Hall–Kier alpha value is -2.16.